The standard InChI is InChI=1S/C23H26FN3O3S/c1-28-19-9-5-17(6-10-19)22-25-26-23(27(22)16-21-4-2-13-30-21)31-15-3-14-29-20-11-7-18(24)8-12-20/h5-12,21H,2-4,13-16H2,1H3. The summed E-state index contributed by atoms with van der Waals surface area (Å²) < 4.78 is 31.9. The highest BCUT2D eigenvalue weighted by molar-refractivity contribution is 7.99. The fourth-order valence-corrected chi connectivity index (χ4v) is 4.31. The number of halogens is 1. The summed E-state index contributed by atoms with van der Waals surface area (Å²) in [5.74, 6) is 2.90. The van der Waals surface area contributed by atoms with Gasteiger partial charge in [0.2, 0.25) is 0 Å². The summed E-state index contributed by atoms with van der Waals surface area (Å²) >= 11 is 1.66. The minimum Gasteiger partial charge on any atom is -0.497 e. The van der Waals surface area contributed by atoms with Gasteiger partial charge in [-0.25, -0.2) is 4.39 Å². The Kier molecular flexibility index (Phi) is 7.43. The van der Waals surface area contributed by atoms with E-state index in [1.165, 1.54) is 12.1 Å². The molecular formula is C23H26FN3O3S. The van der Waals surface area contributed by atoms with Crippen molar-refractivity contribution in [2.45, 2.75) is 37.1 Å². The van der Waals surface area contributed by atoms with E-state index in [2.05, 4.69) is 14.8 Å². The first kappa shape index (κ1) is 21.6. The van der Waals surface area contributed by atoms with Gasteiger partial charge in [0.25, 0.3) is 0 Å². The lowest BCUT2D eigenvalue weighted by Crippen LogP contribution is -2.16. The van der Waals surface area contributed by atoms with E-state index in [-0.39, 0.29) is 11.9 Å². The number of benzene rings is 2. The third-order valence-electron chi connectivity index (χ3n) is 5.08. The molecular weight excluding hydrogens is 417 g/mol. The molecule has 8 heteroatoms. The Balaban J connectivity index is 1.39. The molecule has 1 aromatic heterocycles. The van der Waals surface area contributed by atoms with E-state index in [4.69, 9.17) is 14.2 Å². The van der Waals surface area contributed by atoms with Gasteiger partial charge in [0.05, 0.1) is 26.4 Å². The molecule has 1 fully saturated rings. The number of ether oxygens (including phenoxy) is 3. The predicted molar refractivity (Wildman–Crippen MR) is 118 cm³/mol. The van der Waals surface area contributed by atoms with Gasteiger partial charge in [-0.3, -0.25) is 4.57 Å². The van der Waals surface area contributed by atoms with Crippen LogP contribution in [0.3, 0.4) is 0 Å². The molecule has 2 heterocycles. The van der Waals surface area contributed by atoms with E-state index in [0.717, 1.165) is 60.5 Å². The molecule has 1 aliphatic heterocycles. The first-order valence-electron chi connectivity index (χ1n) is 10.4. The Morgan fingerprint density at radius 3 is 2.58 bits per heavy atom. The zero-order valence-electron chi connectivity index (χ0n) is 17.5. The van der Waals surface area contributed by atoms with Crippen LogP contribution < -0.4 is 9.47 Å². The largest absolute Gasteiger partial charge is 0.497 e. The van der Waals surface area contributed by atoms with E-state index in [0.29, 0.717) is 12.4 Å². The first-order chi connectivity index (χ1) is 15.2. The smallest absolute Gasteiger partial charge is 0.191 e. The summed E-state index contributed by atoms with van der Waals surface area (Å²) in [7, 11) is 1.66. The maximum Gasteiger partial charge on any atom is 0.191 e. The van der Waals surface area contributed by atoms with E-state index in [1.807, 2.05) is 24.3 Å². The molecule has 4 rings (SSSR count). The van der Waals surface area contributed by atoms with Crippen molar-refractivity contribution < 1.29 is 18.6 Å². The molecule has 31 heavy (non-hydrogen) atoms. The fourth-order valence-electron chi connectivity index (χ4n) is 3.45. The lowest BCUT2D eigenvalue weighted by Gasteiger charge is -2.15. The Hall–Kier alpha value is -2.58. The molecule has 0 N–H and O–H groups in total. The van der Waals surface area contributed by atoms with Crippen molar-refractivity contribution in [3.63, 3.8) is 0 Å². The number of hydrogen-bond donors (Lipinski definition) is 0. The summed E-state index contributed by atoms with van der Waals surface area (Å²) in [5.41, 5.74) is 0.998. The van der Waals surface area contributed by atoms with Crippen LogP contribution in [-0.2, 0) is 11.3 Å². The van der Waals surface area contributed by atoms with Gasteiger partial charge in [-0.2, -0.15) is 0 Å². The van der Waals surface area contributed by atoms with E-state index in [1.54, 1.807) is 31.0 Å². The van der Waals surface area contributed by atoms with Crippen molar-refractivity contribution in [3.8, 4) is 22.9 Å². The van der Waals surface area contributed by atoms with Crippen LogP contribution in [0.5, 0.6) is 11.5 Å². The van der Waals surface area contributed by atoms with Gasteiger partial charge < -0.3 is 14.2 Å². The van der Waals surface area contributed by atoms with Gasteiger partial charge in [-0.05, 0) is 67.8 Å². The number of hydrogen-bond acceptors (Lipinski definition) is 6. The molecule has 3 aromatic rings. The monoisotopic (exact) mass is 443 g/mol. The average Bonchev–Trinajstić information content (AvgIpc) is 3.46. The zero-order valence-corrected chi connectivity index (χ0v) is 18.3. The van der Waals surface area contributed by atoms with Crippen molar-refractivity contribution in [2.24, 2.45) is 0 Å². The maximum absolute atomic E-state index is 13.0. The predicted octanol–water partition coefficient (Wildman–Crippen LogP) is 4.83. The second kappa shape index (κ2) is 10.6. The summed E-state index contributed by atoms with van der Waals surface area (Å²) in [5, 5.41) is 9.79. The molecule has 0 spiro atoms. The lowest BCUT2D eigenvalue weighted by molar-refractivity contribution is 0.0953. The van der Waals surface area contributed by atoms with Gasteiger partial charge in [-0.1, -0.05) is 11.8 Å². The molecule has 1 aliphatic rings. The Morgan fingerprint density at radius 1 is 1.10 bits per heavy atom. The number of methoxy groups -OCH3 is 1. The molecule has 1 saturated heterocycles. The number of aromatic nitrogens is 3. The third kappa shape index (κ3) is 5.77. The van der Waals surface area contributed by atoms with Gasteiger partial charge in [-0.15, -0.1) is 10.2 Å². The van der Waals surface area contributed by atoms with Crippen molar-refractivity contribution in [1.82, 2.24) is 14.8 Å². The minimum absolute atomic E-state index is 0.189. The second-order valence-electron chi connectivity index (χ2n) is 7.28. The van der Waals surface area contributed by atoms with Gasteiger partial charge >= 0.3 is 0 Å². The van der Waals surface area contributed by atoms with Gasteiger partial charge in [0.1, 0.15) is 17.3 Å². The molecule has 1 atom stereocenters. The van der Waals surface area contributed by atoms with E-state index in [9.17, 15) is 4.39 Å². The summed E-state index contributed by atoms with van der Waals surface area (Å²) in [6.45, 7) is 2.11. The van der Waals surface area contributed by atoms with Gasteiger partial charge in [0, 0.05) is 17.9 Å². The van der Waals surface area contributed by atoms with Crippen molar-refractivity contribution >= 4 is 11.8 Å². The highest BCUT2D eigenvalue weighted by atomic mass is 32.2. The number of nitrogens with zero attached hydrogens (tertiary/aromatic N) is 3. The average molecular weight is 444 g/mol. The molecule has 0 radical (unpaired) electrons. The third-order valence-corrected chi connectivity index (χ3v) is 6.13. The normalized spacial score (nSPS) is 15.9. The van der Waals surface area contributed by atoms with Crippen molar-refractivity contribution in [3.05, 3.63) is 54.3 Å². The second-order valence-corrected chi connectivity index (χ2v) is 8.35. The van der Waals surface area contributed by atoms with Gasteiger partial charge in [0.15, 0.2) is 11.0 Å². The first-order valence-corrected chi connectivity index (χ1v) is 11.4. The summed E-state index contributed by atoms with van der Waals surface area (Å²) in [6, 6.07) is 13.9. The molecule has 6 nitrogen and oxygen atoms in total. The highest BCUT2D eigenvalue weighted by Gasteiger charge is 2.21. The van der Waals surface area contributed by atoms with E-state index >= 15 is 0 Å². The van der Waals surface area contributed by atoms with Crippen LogP contribution >= 0.6 is 11.8 Å². The summed E-state index contributed by atoms with van der Waals surface area (Å²) in [4.78, 5) is 0. The quantitative estimate of drug-likeness (QED) is 0.330. The maximum atomic E-state index is 13.0. The van der Waals surface area contributed by atoms with Crippen LogP contribution in [0, 0.1) is 5.82 Å². The molecule has 0 aliphatic carbocycles. The molecule has 0 bridgehead atoms. The van der Waals surface area contributed by atoms with E-state index < -0.39 is 0 Å². The molecule has 0 saturated carbocycles. The van der Waals surface area contributed by atoms with Crippen molar-refractivity contribution in [1.29, 1.82) is 0 Å². The summed E-state index contributed by atoms with van der Waals surface area (Å²) in [6.07, 6.45) is 3.17. The van der Waals surface area contributed by atoms with Crippen LogP contribution in [0.4, 0.5) is 4.39 Å². The Bertz CT molecular complexity index is 957. The van der Waals surface area contributed by atoms with Crippen LogP contribution in [0.25, 0.3) is 11.4 Å². The number of rotatable bonds is 10. The van der Waals surface area contributed by atoms with Crippen molar-refractivity contribution in [2.75, 3.05) is 26.1 Å². The fraction of sp³-hybridized carbons (Fsp3) is 0.391. The SMILES string of the molecule is COc1ccc(-c2nnc(SCCCOc3ccc(F)cc3)n2CC2CCCO2)cc1. The Labute approximate surface area is 185 Å². The minimum atomic E-state index is -0.263. The molecule has 0 amide bonds. The molecule has 164 valence electrons. The molecule has 2 aromatic carbocycles. The Morgan fingerprint density at radius 2 is 1.87 bits per heavy atom. The van der Waals surface area contributed by atoms with Crippen LogP contribution in [-0.4, -0.2) is 46.9 Å². The highest BCUT2D eigenvalue weighted by Crippen LogP contribution is 2.28. The van der Waals surface area contributed by atoms with Crippen LogP contribution in [0.2, 0.25) is 0 Å². The number of thioether (sulfide) groups is 1. The zero-order chi connectivity index (χ0) is 21.5. The molecule has 1 unspecified atom stereocenters. The van der Waals surface area contributed by atoms with Crippen LogP contribution in [0.15, 0.2) is 53.7 Å². The topological polar surface area (TPSA) is 58.4 Å². The van der Waals surface area contributed by atoms with Crippen LogP contribution in [0.1, 0.15) is 19.3 Å². The lowest BCUT2D eigenvalue weighted by atomic mass is 10.2.